The molecule has 0 unspecified atom stereocenters. The fourth-order valence-corrected chi connectivity index (χ4v) is 10.6. The Labute approximate surface area is 260 Å². The standard InChI is InChI=1S/C32H14N4O4S4/c33-15-19(16-34)31-23-5-1-3-7-27(23)43(37,38)29(31)13-21-9-11-25(41-21)26-12-10-22(42-26)14-30-32(20(17-35)18-36)24-6-2-4-8-28(24)44(30,39)40/h1-14H/b29-13-,30-14-. The molecular weight excluding hydrogens is 633 g/mol. The van der Waals surface area contributed by atoms with Gasteiger partial charge in [0.05, 0.1) is 19.6 Å². The van der Waals surface area contributed by atoms with Crippen molar-refractivity contribution in [3.8, 4) is 34.0 Å². The number of allylic oxidation sites excluding steroid dienone is 4. The first-order valence-corrected chi connectivity index (χ1v) is 17.2. The summed E-state index contributed by atoms with van der Waals surface area (Å²) in [5, 5.41) is 38.2. The maximum absolute atomic E-state index is 13.4. The van der Waals surface area contributed by atoms with Crippen LogP contribution < -0.4 is 0 Å². The zero-order chi connectivity index (χ0) is 31.2. The highest BCUT2D eigenvalue weighted by Gasteiger charge is 2.39. The van der Waals surface area contributed by atoms with Gasteiger partial charge in [0, 0.05) is 41.8 Å². The van der Waals surface area contributed by atoms with Gasteiger partial charge >= 0.3 is 0 Å². The maximum atomic E-state index is 13.4. The molecule has 0 fully saturated rings. The van der Waals surface area contributed by atoms with Gasteiger partial charge in [0.2, 0.25) is 19.7 Å². The molecule has 0 aliphatic carbocycles. The van der Waals surface area contributed by atoms with Crippen LogP contribution in [0.25, 0.3) is 33.1 Å². The molecule has 4 aromatic rings. The van der Waals surface area contributed by atoms with E-state index in [4.69, 9.17) is 0 Å². The van der Waals surface area contributed by atoms with E-state index in [0.717, 1.165) is 9.75 Å². The Kier molecular flexibility index (Phi) is 7.02. The second-order valence-corrected chi connectivity index (χ2v) is 15.4. The molecule has 210 valence electrons. The molecule has 2 aliphatic heterocycles. The summed E-state index contributed by atoms with van der Waals surface area (Å²) < 4.78 is 53.7. The van der Waals surface area contributed by atoms with Crippen LogP contribution in [0.2, 0.25) is 0 Å². The second-order valence-electron chi connectivity index (χ2n) is 9.37. The first kappa shape index (κ1) is 28.8. The van der Waals surface area contributed by atoms with Gasteiger partial charge in [0.1, 0.15) is 35.4 Å². The lowest BCUT2D eigenvalue weighted by Crippen LogP contribution is -1.98. The molecule has 6 rings (SSSR count). The van der Waals surface area contributed by atoms with Crippen molar-refractivity contribution in [3.63, 3.8) is 0 Å². The Morgan fingerprint density at radius 3 is 1.27 bits per heavy atom. The molecule has 0 bridgehead atoms. The van der Waals surface area contributed by atoms with Crippen LogP contribution in [0.4, 0.5) is 0 Å². The van der Waals surface area contributed by atoms with Crippen LogP contribution in [0, 0.1) is 45.3 Å². The summed E-state index contributed by atoms with van der Waals surface area (Å²) in [6.45, 7) is 0. The lowest BCUT2D eigenvalue weighted by atomic mass is 10.0. The molecule has 0 saturated heterocycles. The van der Waals surface area contributed by atoms with E-state index in [0.29, 0.717) is 20.9 Å². The molecule has 0 radical (unpaired) electrons. The minimum absolute atomic E-state index is 0.0327. The molecule has 0 atom stereocenters. The number of nitriles is 4. The van der Waals surface area contributed by atoms with Crippen molar-refractivity contribution in [1.29, 1.82) is 21.0 Å². The molecular formula is C32H14N4O4S4. The number of hydrogen-bond donors (Lipinski definition) is 0. The molecule has 12 heteroatoms. The summed E-state index contributed by atoms with van der Waals surface area (Å²) in [6.07, 6.45) is 2.91. The third-order valence-corrected chi connectivity index (χ3v) is 12.9. The van der Waals surface area contributed by atoms with E-state index in [1.807, 2.05) is 24.3 Å². The summed E-state index contributed by atoms with van der Waals surface area (Å²) >= 11 is 2.57. The average Bonchev–Trinajstić information content (AvgIpc) is 3.78. The van der Waals surface area contributed by atoms with Gasteiger partial charge in [-0.1, -0.05) is 36.4 Å². The molecule has 44 heavy (non-hydrogen) atoms. The van der Waals surface area contributed by atoms with Gasteiger partial charge in [-0.25, -0.2) is 16.8 Å². The SMILES string of the molecule is N#CC(C#N)=C1/C(=C/c2ccc(-c3ccc(/C=C4/C(=C(C#N)C#N)c5ccccc5S4(=O)=O)s3)s2)S(=O)(=O)c2ccccc21. The Hall–Kier alpha value is -5.34. The molecule has 2 aromatic carbocycles. The number of rotatable bonds is 3. The molecule has 0 spiro atoms. The summed E-state index contributed by atoms with van der Waals surface area (Å²) in [4.78, 5) is 2.49. The minimum Gasteiger partial charge on any atom is -0.218 e. The van der Waals surface area contributed by atoms with Gasteiger partial charge in [-0.15, -0.1) is 22.7 Å². The van der Waals surface area contributed by atoms with Crippen LogP contribution in [0.5, 0.6) is 0 Å². The third-order valence-electron chi connectivity index (χ3n) is 6.95. The Morgan fingerprint density at radius 2 is 0.909 bits per heavy atom. The minimum atomic E-state index is -3.98. The summed E-state index contributed by atoms with van der Waals surface area (Å²) in [5.41, 5.74) is 0.150. The molecule has 2 aliphatic rings. The van der Waals surface area contributed by atoms with Gasteiger partial charge < -0.3 is 0 Å². The van der Waals surface area contributed by atoms with Crippen LogP contribution in [-0.2, 0) is 19.7 Å². The smallest absolute Gasteiger partial charge is 0.207 e. The van der Waals surface area contributed by atoms with Crippen LogP contribution >= 0.6 is 22.7 Å². The number of nitrogens with zero attached hydrogens (tertiary/aromatic N) is 4. The highest BCUT2D eigenvalue weighted by molar-refractivity contribution is 7.97. The van der Waals surface area contributed by atoms with Crippen molar-refractivity contribution in [3.05, 3.63) is 115 Å². The van der Waals surface area contributed by atoms with Gasteiger partial charge in [0.15, 0.2) is 0 Å². The normalized spacial score (nSPS) is 17.3. The fraction of sp³-hybridized carbons (Fsp3) is 0. The number of hydrogen-bond acceptors (Lipinski definition) is 10. The Bertz CT molecular complexity index is 2260. The second kappa shape index (κ2) is 10.7. The molecule has 2 aromatic heterocycles. The van der Waals surface area contributed by atoms with E-state index in [2.05, 4.69) is 0 Å². The van der Waals surface area contributed by atoms with E-state index >= 15 is 0 Å². The predicted octanol–water partition coefficient (Wildman–Crippen LogP) is 6.73. The van der Waals surface area contributed by atoms with Crippen molar-refractivity contribution in [2.75, 3.05) is 0 Å². The van der Waals surface area contributed by atoms with Crippen LogP contribution in [0.1, 0.15) is 20.9 Å². The van der Waals surface area contributed by atoms with Crippen molar-refractivity contribution in [1.82, 2.24) is 0 Å². The highest BCUT2D eigenvalue weighted by atomic mass is 32.2. The van der Waals surface area contributed by atoms with Gasteiger partial charge in [-0.3, -0.25) is 0 Å². The van der Waals surface area contributed by atoms with Crippen LogP contribution in [0.3, 0.4) is 0 Å². The zero-order valence-electron chi connectivity index (χ0n) is 22.1. The number of benzene rings is 2. The van der Waals surface area contributed by atoms with Crippen molar-refractivity contribution < 1.29 is 16.8 Å². The molecule has 0 saturated carbocycles. The molecule has 4 heterocycles. The van der Waals surface area contributed by atoms with E-state index in [1.165, 1.54) is 47.0 Å². The Balaban J connectivity index is 1.41. The zero-order valence-corrected chi connectivity index (χ0v) is 25.4. The monoisotopic (exact) mass is 646 g/mol. The molecule has 8 nitrogen and oxygen atoms in total. The van der Waals surface area contributed by atoms with E-state index in [-0.39, 0.29) is 41.9 Å². The Morgan fingerprint density at radius 1 is 0.545 bits per heavy atom. The third kappa shape index (κ3) is 4.42. The largest absolute Gasteiger partial charge is 0.218 e. The average molecular weight is 647 g/mol. The van der Waals surface area contributed by atoms with Crippen molar-refractivity contribution in [2.24, 2.45) is 0 Å². The van der Waals surface area contributed by atoms with Gasteiger partial charge in [-0.2, -0.15) is 21.0 Å². The van der Waals surface area contributed by atoms with Crippen LogP contribution in [-0.4, -0.2) is 16.8 Å². The maximum Gasteiger partial charge on any atom is 0.207 e. The fourth-order valence-electron chi connectivity index (χ4n) is 5.06. The number of fused-ring (bicyclic) bond motifs is 2. The van der Waals surface area contributed by atoms with Crippen molar-refractivity contribution >= 4 is 65.6 Å². The van der Waals surface area contributed by atoms with Gasteiger partial charge in [-0.05, 0) is 48.6 Å². The lowest BCUT2D eigenvalue weighted by molar-refractivity contribution is 0.603. The molecule has 0 N–H and O–H groups in total. The molecule has 0 amide bonds. The highest BCUT2D eigenvalue weighted by Crippen LogP contribution is 2.48. The number of sulfone groups is 2. The summed E-state index contributed by atoms with van der Waals surface area (Å²) in [5.74, 6) is 0. The summed E-state index contributed by atoms with van der Waals surface area (Å²) in [6, 6.07) is 26.8. The van der Waals surface area contributed by atoms with E-state index in [1.54, 1.807) is 60.7 Å². The van der Waals surface area contributed by atoms with E-state index in [9.17, 15) is 37.9 Å². The topological polar surface area (TPSA) is 163 Å². The van der Waals surface area contributed by atoms with Crippen molar-refractivity contribution in [2.45, 2.75) is 9.79 Å². The van der Waals surface area contributed by atoms with Crippen LogP contribution in [0.15, 0.2) is 104 Å². The number of thiophene rings is 2. The van der Waals surface area contributed by atoms with E-state index < -0.39 is 19.7 Å². The summed E-state index contributed by atoms with van der Waals surface area (Å²) in [7, 11) is -7.96. The first-order chi connectivity index (χ1) is 21.1. The quantitative estimate of drug-likeness (QED) is 0.221. The lowest BCUT2D eigenvalue weighted by Gasteiger charge is -2.01. The first-order valence-electron chi connectivity index (χ1n) is 12.6. The van der Waals surface area contributed by atoms with Gasteiger partial charge in [0.25, 0.3) is 0 Å². The predicted molar refractivity (Wildman–Crippen MR) is 167 cm³/mol.